The van der Waals surface area contributed by atoms with Gasteiger partial charge in [-0.1, -0.05) is 12.1 Å². The first-order valence-electron chi connectivity index (χ1n) is 7.71. The number of fused-ring (bicyclic) bond motifs is 5. The Balaban J connectivity index is 1.77. The summed E-state index contributed by atoms with van der Waals surface area (Å²) in [5, 5.41) is 0. The predicted molar refractivity (Wildman–Crippen MR) is 79.7 cm³/mol. The lowest BCUT2D eigenvalue weighted by atomic mass is 9.59. The van der Waals surface area contributed by atoms with E-state index in [-0.39, 0.29) is 5.97 Å². The van der Waals surface area contributed by atoms with Crippen LogP contribution < -0.4 is 4.74 Å². The number of ether oxygens (including phenoxy) is 2. The number of benzene rings is 1. The molecular weight excluding hydrogens is 264 g/mol. The summed E-state index contributed by atoms with van der Waals surface area (Å²) in [6.45, 7) is 0. The van der Waals surface area contributed by atoms with Crippen molar-refractivity contribution >= 4 is 11.5 Å². The minimum Gasteiger partial charge on any atom is -0.497 e. The zero-order chi connectivity index (χ0) is 14.6. The zero-order valence-electron chi connectivity index (χ0n) is 12.5. The van der Waals surface area contributed by atoms with Crippen molar-refractivity contribution in [2.45, 2.75) is 19.3 Å². The quantitative estimate of drug-likeness (QED) is 0.799. The SMILES string of the molecule is COC(=O)C1=C(c2ccc(OC)cc2)[C@H]2[C@@H]3CC[C@@H](C3)[C@@H]12. The van der Waals surface area contributed by atoms with Crippen LogP contribution in [-0.2, 0) is 9.53 Å². The molecule has 1 aromatic rings. The van der Waals surface area contributed by atoms with Crippen molar-refractivity contribution < 1.29 is 14.3 Å². The highest BCUT2D eigenvalue weighted by Crippen LogP contribution is 2.66. The van der Waals surface area contributed by atoms with Gasteiger partial charge in [-0.25, -0.2) is 4.79 Å². The van der Waals surface area contributed by atoms with Crippen LogP contribution in [0.15, 0.2) is 29.8 Å². The monoisotopic (exact) mass is 284 g/mol. The molecule has 0 amide bonds. The molecule has 0 aromatic heterocycles. The third-order valence-corrected chi connectivity index (χ3v) is 5.68. The van der Waals surface area contributed by atoms with Gasteiger partial charge in [0.1, 0.15) is 5.75 Å². The van der Waals surface area contributed by atoms with Crippen LogP contribution in [0.25, 0.3) is 5.57 Å². The number of carbonyl (C=O) groups is 1. The fraction of sp³-hybridized carbons (Fsp3) is 0.500. The average molecular weight is 284 g/mol. The molecule has 3 aliphatic carbocycles. The van der Waals surface area contributed by atoms with Gasteiger partial charge in [-0.15, -0.1) is 0 Å². The van der Waals surface area contributed by atoms with E-state index in [9.17, 15) is 4.79 Å². The third-order valence-electron chi connectivity index (χ3n) is 5.68. The van der Waals surface area contributed by atoms with Crippen molar-refractivity contribution in [3.05, 3.63) is 35.4 Å². The molecule has 0 spiro atoms. The van der Waals surface area contributed by atoms with Crippen molar-refractivity contribution in [2.24, 2.45) is 23.7 Å². The van der Waals surface area contributed by atoms with Crippen molar-refractivity contribution in [1.82, 2.24) is 0 Å². The molecule has 0 heterocycles. The van der Waals surface area contributed by atoms with E-state index in [4.69, 9.17) is 9.47 Å². The van der Waals surface area contributed by atoms with Gasteiger partial charge in [0.25, 0.3) is 0 Å². The van der Waals surface area contributed by atoms with Gasteiger partial charge in [0.2, 0.25) is 0 Å². The fourth-order valence-electron chi connectivity index (χ4n) is 4.86. The third kappa shape index (κ3) is 1.69. The normalized spacial score (nSPS) is 32.7. The van der Waals surface area contributed by atoms with Crippen LogP contribution in [0, 0.1) is 23.7 Å². The van der Waals surface area contributed by atoms with Crippen molar-refractivity contribution in [1.29, 1.82) is 0 Å². The highest BCUT2D eigenvalue weighted by Gasteiger charge is 2.58. The number of rotatable bonds is 3. The van der Waals surface area contributed by atoms with E-state index in [0.717, 1.165) is 22.8 Å². The van der Waals surface area contributed by atoms with E-state index in [1.807, 2.05) is 12.1 Å². The Morgan fingerprint density at radius 1 is 1.05 bits per heavy atom. The van der Waals surface area contributed by atoms with Gasteiger partial charge in [0.15, 0.2) is 0 Å². The maximum absolute atomic E-state index is 12.2. The first kappa shape index (κ1) is 12.9. The van der Waals surface area contributed by atoms with Crippen LogP contribution >= 0.6 is 0 Å². The Hall–Kier alpha value is -1.77. The highest BCUT2D eigenvalue weighted by atomic mass is 16.5. The topological polar surface area (TPSA) is 35.5 Å². The number of carbonyl (C=O) groups excluding carboxylic acids is 1. The maximum atomic E-state index is 12.2. The molecule has 2 bridgehead atoms. The van der Waals surface area contributed by atoms with E-state index < -0.39 is 0 Å². The molecule has 2 saturated carbocycles. The number of esters is 1. The van der Waals surface area contributed by atoms with Gasteiger partial charge in [-0.3, -0.25) is 0 Å². The number of allylic oxidation sites excluding steroid dienone is 1. The molecule has 3 heteroatoms. The standard InChI is InChI=1S/C18H20O3/c1-20-13-7-5-10(6-8-13)14-15-11-3-4-12(9-11)16(15)17(14)18(19)21-2/h5-8,11-12,15-16H,3-4,9H2,1-2H3/t11-,12+,15-,16-/m1/s1. The molecule has 4 atom stereocenters. The molecule has 4 rings (SSSR count). The van der Waals surface area contributed by atoms with Crippen LogP contribution in [-0.4, -0.2) is 20.2 Å². The van der Waals surface area contributed by atoms with Crippen LogP contribution in [0.5, 0.6) is 5.75 Å². The summed E-state index contributed by atoms with van der Waals surface area (Å²) in [5.41, 5.74) is 3.34. The summed E-state index contributed by atoms with van der Waals surface area (Å²) >= 11 is 0. The molecule has 0 saturated heterocycles. The lowest BCUT2D eigenvalue weighted by Gasteiger charge is -2.44. The molecule has 3 nitrogen and oxygen atoms in total. The molecule has 21 heavy (non-hydrogen) atoms. The number of hydrogen-bond donors (Lipinski definition) is 0. The summed E-state index contributed by atoms with van der Waals surface area (Å²) < 4.78 is 10.3. The maximum Gasteiger partial charge on any atom is 0.334 e. The Kier molecular flexibility index (Phi) is 2.84. The Morgan fingerprint density at radius 3 is 2.33 bits per heavy atom. The highest BCUT2D eigenvalue weighted by molar-refractivity contribution is 6.03. The van der Waals surface area contributed by atoms with Gasteiger partial charge in [-0.05, 0) is 60.3 Å². The van der Waals surface area contributed by atoms with Gasteiger partial charge >= 0.3 is 5.97 Å². The molecule has 0 N–H and O–H groups in total. The molecule has 3 aliphatic rings. The van der Waals surface area contributed by atoms with Gasteiger partial charge in [0, 0.05) is 11.5 Å². The van der Waals surface area contributed by atoms with Crippen molar-refractivity contribution in [2.75, 3.05) is 14.2 Å². The minimum absolute atomic E-state index is 0.130. The van der Waals surface area contributed by atoms with Crippen LogP contribution in [0.3, 0.4) is 0 Å². The number of methoxy groups -OCH3 is 2. The summed E-state index contributed by atoms with van der Waals surface area (Å²) in [6.07, 6.45) is 3.89. The Bertz CT molecular complexity index is 614. The van der Waals surface area contributed by atoms with Gasteiger partial charge in [-0.2, -0.15) is 0 Å². The van der Waals surface area contributed by atoms with Crippen molar-refractivity contribution in [3.63, 3.8) is 0 Å². The van der Waals surface area contributed by atoms with E-state index in [1.165, 1.54) is 31.9 Å². The molecular formula is C18H20O3. The summed E-state index contributed by atoms with van der Waals surface area (Å²) in [4.78, 5) is 12.2. The fourth-order valence-corrected chi connectivity index (χ4v) is 4.86. The second-order valence-corrected chi connectivity index (χ2v) is 6.43. The molecule has 2 fully saturated rings. The average Bonchev–Trinajstić information content (AvgIpc) is 3.06. The summed E-state index contributed by atoms with van der Waals surface area (Å²) in [7, 11) is 3.16. The van der Waals surface area contributed by atoms with Gasteiger partial charge < -0.3 is 9.47 Å². The molecule has 0 radical (unpaired) electrons. The molecule has 0 unspecified atom stereocenters. The largest absolute Gasteiger partial charge is 0.497 e. The molecule has 0 aliphatic heterocycles. The number of hydrogen-bond acceptors (Lipinski definition) is 3. The van der Waals surface area contributed by atoms with E-state index in [0.29, 0.717) is 17.8 Å². The van der Waals surface area contributed by atoms with Crippen LogP contribution in [0.2, 0.25) is 0 Å². The van der Waals surface area contributed by atoms with Gasteiger partial charge in [0.05, 0.1) is 14.2 Å². The van der Waals surface area contributed by atoms with E-state index >= 15 is 0 Å². The van der Waals surface area contributed by atoms with Crippen LogP contribution in [0.1, 0.15) is 24.8 Å². The second-order valence-electron chi connectivity index (χ2n) is 6.43. The van der Waals surface area contributed by atoms with Crippen LogP contribution in [0.4, 0.5) is 0 Å². The lowest BCUT2D eigenvalue weighted by molar-refractivity contribution is -0.137. The smallest absolute Gasteiger partial charge is 0.334 e. The first-order chi connectivity index (χ1) is 10.2. The van der Waals surface area contributed by atoms with Crippen molar-refractivity contribution in [3.8, 4) is 5.75 Å². The molecule has 110 valence electrons. The molecule has 1 aromatic carbocycles. The van der Waals surface area contributed by atoms with E-state index in [1.54, 1.807) is 7.11 Å². The Labute approximate surface area is 124 Å². The predicted octanol–water partition coefficient (Wildman–Crippen LogP) is 3.30. The first-order valence-corrected chi connectivity index (χ1v) is 7.71. The Morgan fingerprint density at radius 2 is 1.71 bits per heavy atom. The van der Waals surface area contributed by atoms with E-state index in [2.05, 4.69) is 12.1 Å². The second kappa shape index (κ2) is 4.62. The summed E-state index contributed by atoms with van der Waals surface area (Å²) in [5.74, 6) is 3.22. The zero-order valence-corrected chi connectivity index (χ0v) is 12.5. The summed E-state index contributed by atoms with van der Waals surface area (Å²) in [6, 6.07) is 8.08. The minimum atomic E-state index is -0.130. The lowest BCUT2D eigenvalue weighted by Crippen LogP contribution is -2.38.